The van der Waals surface area contributed by atoms with Crippen LogP contribution in [0.1, 0.15) is 39.0 Å². The second-order valence-corrected chi connectivity index (χ2v) is 4.34. The molecule has 0 heterocycles. The van der Waals surface area contributed by atoms with Crippen LogP contribution in [-0.4, -0.2) is 35.0 Å². The van der Waals surface area contributed by atoms with Crippen molar-refractivity contribution < 1.29 is 10.2 Å². The van der Waals surface area contributed by atoms with Gasteiger partial charge in [0.25, 0.3) is 0 Å². The molecule has 0 spiro atoms. The van der Waals surface area contributed by atoms with Crippen LogP contribution in [0.4, 0.5) is 0 Å². The largest absolute Gasteiger partial charge is 0.394 e. The molecule has 0 amide bonds. The van der Waals surface area contributed by atoms with E-state index in [-0.39, 0.29) is 12.1 Å². The molecule has 1 saturated carbocycles. The van der Waals surface area contributed by atoms with Gasteiger partial charge in [0.15, 0.2) is 0 Å². The first kappa shape index (κ1) is 11.0. The maximum Gasteiger partial charge on any atom is 0.0895 e. The molecule has 0 saturated heterocycles. The van der Waals surface area contributed by atoms with Crippen LogP contribution in [-0.2, 0) is 0 Å². The number of rotatable bonds is 4. The van der Waals surface area contributed by atoms with E-state index >= 15 is 0 Å². The fourth-order valence-electron chi connectivity index (χ4n) is 1.94. The molecule has 3 heteroatoms. The Balaban J connectivity index is 2.24. The minimum atomic E-state index is -0.612. The first-order valence-corrected chi connectivity index (χ1v) is 5.20. The lowest BCUT2D eigenvalue weighted by molar-refractivity contribution is 0.0827. The lowest BCUT2D eigenvalue weighted by Gasteiger charge is -2.35. The Morgan fingerprint density at radius 1 is 1.31 bits per heavy atom. The van der Waals surface area contributed by atoms with E-state index in [2.05, 4.69) is 12.2 Å². The summed E-state index contributed by atoms with van der Waals surface area (Å²) in [6.45, 7) is 2.56. The van der Waals surface area contributed by atoms with Gasteiger partial charge in [-0.05, 0) is 19.8 Å². The third-order valence-corrected chi connectivity index (χ3v) is 2.93. The van der Waals surface area contributed by atoms with E-state index in [4.69, 9.17) is 5.11 Å². The van der Waals surface area contributed by atoms with Gasteiger partial charge in [-0.3, -0.25) is 0 Å². The average molecular weight is 187 g/mol. The molecular formula is C10H21NO2. The van der Waals surface area contributed by atoms with Gasteiger partial charge < -0.3 is 15.5 Å². The summed E-state index contributed by atoms with van der Waals surface area (Å²) in [7, 11) is 0. The Labute approximate surface area is 80.2 Å². The minimum Gasteiger partial charge on any atom is -0.394 e. The van der Waals surface area contributed by atoms with Crippen molar-refractivity contribution in [2.45, 2.75) is 50.7 Å². The number of nitrogens with one attached hydrogen (secondary N) is 1. The van der Waals surface area contributed by atoms with E-state index in [0.29, 0.717) is 6.54 Å². The highest BCUT2D eigenvalue weighted by Gasteiger charge is 2.26. The van der Waals surface area contributed by atoms with Crippen LogP contribution in [0.15, 0.2) is 0 Å². The fraction of sp³-hybridized carbons (Fsp3) is 1.00. The molecule has 0 unspecified atom stereocenters. The summed E-state index contributed by atoms with van der Waals surface area (Å²) in [5.41, 5.74) is 0.189. The molecule has 0 bridgehead atoms. The van der Waals surface area contributed by atoms with Crippen molar-refractivity contribution in [3.05, 3.63) is 0 Å². The quantitative estimate of drug-likeness (QED) is 0.606. The molecule has 1 aliphatic rings. The van der Waals surface area contributed by atoms with Crippen molar-refractivity contribution in [1.29, 1.82) is 0 Å². The third-order valence-electron chi connectivity index (χ3n) is 2.93. The zero-order chi connectivity index (χ0) is 9.73. The van der Waals surface area contributed by atoms with Crippen LogP contribution < -0.4 is 5.32 Å². The predicted octanol–water partition coefficient (Wildman–Crippen LogP) is 0.652. The molecule has 1 fully saturated rings. The van der Waals surface area contributed by atoms with Crippen molar-refractivity contribution in [3.8, 4) is 0 Å². The maximum atomic E-state index is 9.19. The highest BCUT2D eigenvalue weighted by atomic mass is 16.3. The summed E-state index contributed by atoms with van der Waals surface area (Å²) in [6.07, 6.45) is 5.65. The van der Waals surface area contributed by atoms with E-state index in [1.807, 2.05) is 0 Å². The molecule has 0 aromatic carbocycles. The SMILES string of the molecule is CC1(NC[C@H](O)CO)CCCCC1. The van der Waals surface area contributed by atoms with E-state index in [1.165, 1.54) is 32.1 Å². The summed E-state index contributed by atoms with van der Waals surface area (Å²) in [6, 6.07) is 0. The molecular weight excluding hydrogens is 166 g/mol. The Kier molecular flexibility index (Phi) is 4.16. The molecule has 13 heavy (non-hydrogen) atoms. The molecule has 0 aromatic rings. The standard InChI is InChI=1S/C10H21NO2/c1-10(5-3-2-4-6-10)11-7-9(13)8-12/h9,11-13H,2-8H2,1H3/t9-/m0/s1. The van der Waals surface area contributed by atoms with Gasteiger partial charge in [0.2, 0.25) is 0 Å². The molecule has 1 atom stereocenters. The lowest BCUT2D eigenvalue weighted by Crippen LogP contribution is -2.47. The lowest BCUT2D eigenvalue weighted by atomic mass is 9.83. The molecule has 0 aliphatic heterocycles. The number of hydrogen-bond donors (Lipinski definition) is 3. The zero-order valence-electron chi connectivity index (χ0n) is 8.42. The summed E-state index contributed by atoms with van der Waals surface area (Å²) in [5, 5.41) is 21.2. The monoisotopic (exact) mass is 187 g/mol. The van der Waals surface area contributed by atoms with Gasteiger partial charge in [0.05, 0.1) is 12.7 Å². The first-order chi connectivity index (χ1) is 6.16. The normalized spacial score (nSPS) is 24.2. The maximum absolute atomic E-state index is 9.19. The van der Waals surface area contributed by atoms with E-state index < -0.39 is 6.10 Å². The van der Waals surface area contributed by atoms with E-state index in [0.717, 1.165) is 0 Å². The first-order valence-electron chi connectivity index (χ1n) is 5.20. The zero-order valence-corrected chi connectivity index (χ0v) is 8.42. The Morgan fingerprint density at radius 3 is 2.46 bits per heavy atom. The summed E-state index contributed by atoms with van der Waals surface area (Å²) in [5.74, 6) is 0. The molecule has 3 N–H and O–H groups in total. The highest BCUT2D eigenvalue weighted by Crippen LogP contribution is 2.27. The van der Waals surface area contributed by atoms with Crippen molar-refractivity contribution in [2.75, 3.05) is 13.2 Å². The Morgan fingerprint density at radius 2 is 1.92 bits per heavy atom. The van der Waals surface area contributed by atoms with Crippen LogP contribution in [0, 0.1) is 0 Å². The van der Waals surface area contributed by atoms with Crippen molar-refractivity contribution >= 4 is 0 Å². The van der Waals surface area contributed by atoms with Gasteiger partial charge in [-0.25, -0.2) is 0 Å². The van der Waals surface area contributed by atoms with E-state index in [1.54, 1.807) is 0 Å². The number of aliphatic hydroxyl groups excluding tert-OH is 2. The molecule has 1 rings (SSSR count). The Hall–Kier alpha value is -0.120. The molecule has 0 aromatic heterocycles. The summed E-state index contributed by atoms with van der Waals surface area (Å²) < 4.78 is 0. The third kappa shape index (κ3) is 3.63. The van der Waals surface area contributed by atoms with Crippen LogP contribution in [0.25, 0.3) is 0 Å². The Bertz CT molecular complexity index is 144. The molecule has 0 radical (unpaired) electrons. The van der Waals surface area contributed by atoms with Crippen LogP contribution in [0.5, 0.6) is 0 Å². The molecule has 78 valence electrons. The van der Waals surface area contributed by atoms with Gasteiger partial charge in [-0.1, -0.05) is 19.3 Å². The van der Waals surface area contributed by atoms with Crippen LogP contribution >= 0.6 is 0 Å². The minimum absolute atomic E-state index is 0.150. The smallest absolute Gasteiger partial charge is 0.0895 e. The van der Waals surface area contributed by atoms with Crippen molar-refractivity contribution in [1.82, 2.24) is 5.32 Å². The van der Waals surface area contributed by atoms with Crippen LogP contribution in [0.2, 0.25) is 0 Å². The number of hydrogen-bond acceptors (Lipinski definition) is 3. The summed E-state index contributed by atoms with van der Waals surface area (Å²) >= 11 is 0. The highest BCUT2D eigenvalue weighted by molar-refractivity contribution is 4.86. The van der Waals surface area contributed by atoms with Gasteiger partial charge in [-0.15, -0.1) is 0 Å². The number of aliphatic hydroxyl groups is 2. The topological polar surface area (TPSA) is 52.5 Å². The van der Waals surface area contributed by atoms with Gasteiger partial charge >= 0.3 is 0 Å². The number of β-amino-alcohol motifs (C(OH)–C–C–N with tert-alkyl or cyclic N) is 1. The van der Waals surface area contributed by atoms with Crippen molar-refractivity contribution in [2.24, 2.45) is 0 Å². The average Bonchev–Trinajstić information content (AvgIpc) is 2.15. The fourth-order valence-corrected chi connectivity index (χ4v) is 1.94. The second-order valence-electron chi connectivity index (χ2n) is 4.34. The van der Waals surface area contributed by atoms with Gasteiger partial charge in [0, 0.05) is 12.1 Å². The van der Waals surface area contributed by atoms with Crippen molar-refractivity contribution in [3.63, 3.8) is 0 Å². The summed E-state index contributed by atoms with van der Waals surface area (Å²) in [4.78, 5) is 0. The second kappa shape index (κ2) is 4.94. The van der Waals surface area contributed by atoms with Gasteiger partial charge in [-0.2, -0.15) is 0 Å². The molecule has 3 nitrogen and oxygen atoms in total. The van der Waals surface area contributed by atoms with E-state index in [9.17, 15) is 5.11 Å². The van der Waals surface area contributed by atoms with Crippen LogP contribution in [0.3, 0.4) is 0 Å². The predicted molar refractivity (Wildman–Crippen MR) is 52.6 cm³/mol. The molecule has 1 aliphatic carbocycles. The van der Waals surface area contributed by atoms with Gasteiger partial charge in [0.1, 0.15) is 0 Å².